The third-order valence-electron chi connectivity index (χ3n) is 4.52. The average molecular weight is 357 g/mol. The number of pyridine rings is 1. The lowest BCUT2D eigenvalue weighted by Gasteiger charge is -2.39. The molecular weight excluding hydrogens is 331 g/mol. The van der Waals surface area contributed by atoms with Crippen LogP contribution < -0.4 is 5.32 Å². The van der Waals surface area contributed by atoms with Crippen LogP contribution >= 0.6 is 0 Å². The zero-order valence-corrected chi connectivity index (χ0v) is 15.0. The summed E-state index contributed by atoms with van der Waals surface area (Å²) in [5.74, 6) is 0.736. The first-order valence-corrected chi connectivity index (χ1v) is 8.49. The molecule has 5 nitrogen and oxygen atoms in total. The predicted octanol–water partition coefficient (Wildman–Crippen LogP) is 2.08. The number of nitrogens with zero attached hydrogens (tertiary/aromatic N) is 4. The molecule has 1 fully saturated rings. The maximum Gasteiger partial charge on any atom is 0.403 e. The van der Waals surface area contributed by atoms with Gasteiger partial charge in [0.05, 0.1) is 0 Å². The summed E-state index contributed by atoms with van der Waals surface area (Å²) in [7, 11) is 1.69. The summed E-state index contributed by atoms with van der Waals surface area (Å²) in [6.45, 7) is 5.70. The van der Waals surface area contributed by atoms with E-state index in [1.807, 2.05) is 30.2 Å². The van der Waals surface area contributed by atoms with Gasteiger partial charge in [-0.1, -0.05) is 6.07 Å². The zero-order chi connectivity index (χ0) is 18.4. The molecule has 1 N–H and O–H groups in total. The highest BCUT2D eigenvalue weighted by molar-refractivity contribution is 5.80. The van der Waals surface area contributed by atoms with Crippen LogP contribution in [0.5, 0.6) is 0 Å². The summed E-state index contributed by atoms with van der Waals surface area (Å²) in [5, 5.41) is 3.28. The highest BCUT2D eigenvalue weighted by atomic mass is 19.4. The van der Waals surface area contributed by atoms with Gasteiger partial charge in [-0.2, -0.15) is 13.2 Å². The summed E-state index contributed by atoms with van der Waals surface area (Å²) in [6, 6.07) is 2.62. The molecule has 2 heterocycles. The summed E-state index contributed by atoms with van der Waals surface area (Å²) in [6.07, 6.45) is -1.50. The third-order valence-corrected chi connectivity index (χ3v) is 4.52. The number of aliphatic imine (C=N–C) groups is 1. The van der Waals surface area contributed by atoms with Crippen molar-refractivity contribution in [3.63, 3.8) is 0 Å². The lowest BCUT2D eigenvalue weighted by molar-refractivity contribution is -0.181. The zero-order valence-electron chi connectivity index (χ0n) is 15.0. The quantitative estimate of drug-likeness (QED) is 0.662. The van der Waals surface area contributed by atoms with Crippen molar-refractivity contribution in [1.29, 1.82) is 0 Å². The Kier molecular flexibility index (Phi) is 6.64. The second kappa shape index (κ2) is 8.51. The summed E-state index contributed by atoms with van der Waals surface area (Å²) in [5.41, 5.74) is 2.12. The molecule has 0 aliphatic carbocycles. The normalized spacial score (nSPS) is 18.3. The first-order chi connectivity index (χ1) is 11.8. The van der Waals surface area contributed by atoms with E-state index >= 15 is 0 Å². The monoisotopic (exact) mass is 357 g/mol. The number of alkyl halides is 3. The van der Waals surface area contributed by atoms with Gasteiger partial charge in [-0.3, -0.25) is 14.9 Å². The summed E-state index contributed by atoms with van der Waals surface area (Å²) >= 11 is 0. The van der Waals surface area contributed by atoms with E-state index in [1.165, 1.54) is 11.8 Å². The van der Waals surface area contributed by atoms with Gasteiger partial charge in [-0.25, -0.2) is 0 Å². The van der Waals surface area contributed by atoms with E-state index in [0.717, 1.165) is 23.6 Å². The van der Waals surface area contributed by atoms with Gasteiger partial charge in [0.25, 0.3) is 0 Å². The van der Waals surface area contributed by atoms with Crippen LogP contribution in [0.3, 0.4) is 0 Å². The van der Waals surface area contributed by atoms with E-state index in [0.29, 0.717) is 32.7 Å². The number of rotatable bonds is 4. The number of halogens is 3. The summed E-state index contributed by atoms with van der Waals surface area (Å²) < 4.78 is 38.4. The van der Waals surface area contributed by atoms with E-state index in [4.69, 9.17) is 0 Å². The van der Waals surface area contributed by atoms with Crippen molar-refractivity contribution in [2.24, 2.45) is 4.99 Å². The van der Waals surface area contributed by atoms with Crippen LogP contribution in [-0.4, -0.2) is 72.7 Å². The first kappa shape index (κ1) is 19.5. The third kappa shape index (κ3) is 5.59. The maximum absolute atomic E-state index is 12.8. The Morgan fingerprint density at radius 1 is 1.28 bits per heavy atom. The van der Waals surface area contributed by atoms with E-state index in [1.54, 1.807) is 7.05 Å². The molecule has 1 aromatic heterocycles. The van der Waals surface area contributed by atoms with E-state index in [2.05, 4.69) is 15.3 Å². The molecule has 1 aliphatic heterocycles. The lowest BCUT2D eigenvalue weighted by Crippen LogP contribution is -2.56. The minimum atomic E-state index is -4.18. The van der Waals surface area contributed by atoms with Crippen LogP contribution in [0.15, 0.2) is 23.3 Å². The molecule has 0 amide bonds. The van der Waals surface area contributed by atoms with Crippen LogP contribution in [0, 0.1) is 6.92 Å². The minimum absolute atomic E-state index is 0.378. The Morgan fingerprint density at radius 3 is 2.48 bits per heavy atom. The Bertz CT molecular complexity index is 563. The van der Waals surface area contributed by atoms with E-state index in [9.17, 15) is 13.2 Å². The minimum Gasteiger partial charge on any atom is -0.356 e. The Balaban J connectivity index is 1.79. The molecule has 2 rings (SSSR count). The average Bonchev–Trinajstić information content (AvgIpc) is 2.59. The molecule has 1 atom stereocenters. The van der Waals surface area contributed by atoms with Crippen LogP contribution in [0.25, 0.3) is 0 Å². The van der Waals surface area contributed by atoms with Crippen molar-refractivity contribution in [3.05, 3.63) is 29.6 Å². The van der Waals surface area contributed by atoms with E-state index < -0.39 is 12.2 Å². The smallest absolute Gasteiger partial charge is 0.356 e. The number of aromatic nitrogens is 1. The van der Waals surface area contributed by atoms with Gasteiger partial charge in [0.2, 0.25) is 0 Å². The highest BCUT2D eigenvalue weighted by Crippen LogP contribution is 2.25. The topological polar surface area (TPSA) is 43.8 Å². The van der Waals surface area contributed by atoms with Crippen LogP contribution in [0.2, 0.25) is 0 Å². The highest BCUT2D eigenvalue weighted by Gasteiger charge is 2.41. The van der Waals surface area contributed by atoms with Gasteiger partial charge in [0, 0.05) is 51.7 Å². The molecule has 0 radical (unpaired) electrons. The SMILES string of the molecule is CN=C(NCCc1ccc(C)nc1)N1CCN(C(C)C(F)(F)F)CC1. The second-order valence-corrected chi connectivity index (χ2v) is 6.27. The first-order valence-electron chi connectivity index (χ1n) is 8.49. The molecule has 1 aliphatic rings. The fourth-order valence-corrected chi connectivity index (χ4v) is 2.83. The number of hydrogen-bond acceptors (Lipinski definition) is 3. The van der Waals surface area contributed by atoms with Gasteiger partial charge in [-0.05, 0) is 31.9 Å². The number of guanidine groups is 1. The number of piperazine rings is 1. The fraction of sp³-hybridized carbons (Fsp3) is 0.647. The van der Waals surface area contributed by atoms with Gasteiger partial charge in [-0.15, -0.1) is 0 Å². The molecule has 8 heteroatoms. The maximum atomic E-state index is 12.8. The van der Waals surface area contributed by atoms with Gasteiger partial charge in [0.15, 0.2) is 5.96 Å². The van der Waals surface area contributed by atoms with Gasteiger partial charge in [0.1, 0.15) is 6.04 Å². The standard InChI is InChI=1S/C17H26F3N5/c1-13-4-5-15(12-23-13)6-7-22-16(21-3)25-10-8-24(9-11-25)14(2)17(18,19)20/h4-5,12,14H,6-11H2,1-3H3,(H,21,22). The van der Waals surface area contributed by atoms with Crippen molar-refractivity contribution in [2.75, 3.05) is 39.8 Å². The Hall–Kier alpha value is -1.83. The van der Waals surface area contributed by atoms with Gasteiger partial charge < -0.3 is 10.2 Å². The molecule has 1 aromatic rings. The predicted molar refractivity (Wildman–Crippen MR) is 92.7 cm³/mol. The molecule has 0 saturated carbocycles. The molecule has 140 valence electrons. The molecule has 0 spiro atoms. The molecule has 1 unspecified atom stereocenters. The number of aryl methyl sites for hydroxylation is 1. The van der Waals surface area contributed by atoms with Crippen molar-refractivity contribution >= 4 is 5.96 Å². The van der Waals surface area contributed by atoms with Crippen molar-refractivity contribution in [2.45, 2.75) is 32.5 Å². The van der Waals surface area contributed by atoms with Crippen molar-refractivity contribution in [1.82, 2.24) is 20.1 Å². The molecule has 0 aromatic carbocycles. The number of nitrogens with one attached hydrogen (secondary N) is 1. The van der Waals surface area contributed by atoms with Crippen LogP contribution in [0.4, 0.5) is 13.2 Å². The van der Waals surface area contributed by atoms with Crippen molar-refractivity contribution < 1.29 is 13.2 Å². The summed E-state index contributed by atoms with van der Waals surface area (Å²) in [4.78, 5) is 12.0. The molecule has 1 saturated heterocycles. The Morgan fingerprint density at radius 2 is 1.96 bits per heavy atom. The lowest BCUT2D eigenvalue weighted by atomic mass is 10.2. The van der Waals surface area contributed by atoms with Gasteiger partial charge >= 0.3 is 6.18 Å². The molecular formula is C17H26F3N5. The largest absolute Gasteiger partial charge is 0.403 e. The molecule has 25 heavy (non-hydrogen) atoms. The van der Waals surface area contributed by atoms with Crippen LogP contribution in [0.1, 0.15) is 18.2 Å². The Labute approximate surface area is 146 Å². The van der Waals surface area contributed by atoms with E-state index in [-0.39, 0.29) is 0 Å². The fourth-order valence-electron chi connectivity index (χ4n) is 2.83. The van der Waals surface area contributed by atoms with Crippen molar-refractivity contribution in [3.8, 4) is 0 Å². The van der Waals surface area contributed by atoms with Crippen LogP contribution in [-0.2, 0) is 6.42 Å². The number of hydrogen-bond donors (Lipinski definition) is 1. The molecule has 0 bridgehead atoms. The second-order valence-electron chi connectivity index (χ2n) is 6.27.